The monoisotopic (exact) mass is 211 g/mol. The third-order valence-electron chi connectivity index (χ3n) is 1.97. The highest BCUT2D eigenvalue weighted by Crippen LogP contribution is 2.22. The van der Waals surface area contributed by atoms with Crippen molar-refractivity contribution >= 4 is 0 Å². The van der Waals surface area contributed by atoms with Crippen LogP contribution in [-0.2, 0) is 0 Å². The van der Waals surface area contributed by atoms with Crippen molar-refractivity contribution in [1.82, 2.24) is 0 Å². The molecule has 3 heteroatoms. The third kappa shape index (κ3) is 3.51. The molecule has 2 nitrogen and oxygen atoms in total. The number of benzene rings is 1. The van der Waals surface area contributed by atoms with Crippen molar-refractivity contribution in [1.29, 1.82) is 0 Å². The van der Waals surface area contributed by atoms with E-state index in [0.717, 1.165) is 5.92 Å². The van der Waals surface area contributed by atoms with Gasteiger partial charge in [0.25, 0.3) is 0 Å². The molecule has 15 heavy (non-hydrogen) atoms. The topological polar surface area (TPSA) is 29.5 Å². The van der Waals surface area contributed by atoms with Gasteiger partial charge in [0.05, 0.1) is 12.7 Å². The number of hydrogen-bond donors (Lipinski definition) is 1. The van der Waals surface area contributed by atoms with Gasteiger partial charge in [-0.25, -0.2) is 4.39 Å². The largest absolute Gasteiger partial charge is 0.491 e. The first-order valence-electron chi connectivity index (χ1n) is 4.94. The van der Waals surface area contributed by atoms with Crippen LogP contribution in [-0.4, -0.2) is 17.8 Å². The highest BCUT2D eigenvalue weighted by molar-refractivity contribution is 5.37. The van der Waals surface area contributed by atoms with Gasteiger partial charge in [-0.05, 0) is 31.5 Å². The van der Waals surface area contributed by atoms with E-state index < -0.39 is 0 Å². The Labute approximate surface area is 89.7 Å². The highest BCUT2D eigenvalue weighted by Gasteiger charge is 2.09. The van der Waals surface area contributed by atoms with Crippen LogP contribution in [0, 0.1) is 11.7 Å². The van der Waals surface area contributed by atoms with E-state index in [1.165, 1.54) is 12.1 Å². The van der Waals surface area contributed by atoms with E-state index in [1.807, 2.05) is 13.8 Å². The summed E-state index contributed by atoms with van der Waals surface area (Å²) in [6.45, 7) is 5.44. The summed E-state index contributed by atoms with van der Waals surface area (Å²) in [5, 5.41) is 8.95. The Bertz CT molecular complexity index is 323. The van der Waals surface area contributed by atoms with E-state index in [0.29, 0.717) is 11.3 Å². The Morgan fingerprint density at radius 1 is 1.40 bits per heavy atom. The van der Waals surface area contributed by atoms with Gasteiger partial charge < -0.3 is 9.84 Å². The van der Waals surface area contributed by atoms with Gasteiger partial charge in [-0.1, -0.05) is 6.92 Å². The predicted octanol–water partition coefficient (Wildman–Crippen LogP) is 2.55. The molecule has 0 atom stereocenters. The van der Waals surface area contributed by atoms with E-state index in [2.05, 4.69) is 0 Å². The maximum absolute atomic E-state index is 13.2. The van der Waals surface area contributed by atoms with Crippen LogP contribution in [0.25, 0.3) is 0 Å². The lowest BCUT2D eigenvalue weighted by Crippen LogP contribution is -2.07. The van der Waals surface area contributed by atoms with Crippen LogP contribution in [0.4, 0.5) is 4.39 Å². The molecule has 1 aromatic rings. The van der Waals surface area contributed by atoms with Crippen LogP contribution < -0.4 is 4.74 Å². The number of halogens is 1. The van der Waals surface area contributed by atoms with Gasteiger partial charge in [0, 0.05) is 12.0 Å². The number of ether oxygens (including phenoxy) is 1. The fraction of sp³-hybridized carbons (Fsp3) is 0.417. The summed E-state index contributed by atoms with van der Waals surface area (Å²) in [6, 6.07) is 4.46. The van der Waals surface area contributed by atoms with E-state index in [4.69, 9.17) is 9.84 Å². The van der Waals surface area contributed by atoms with Crippen LogP contribution in [0.2, 0.25) is 0 Å². The predicted molar refractivity (Wildman–Crippen MR) is 57.3 cm³/mol. The molecular weight excluding hydrogens is 195 g/mol. The lowest BCUT2D eigenvalue weighted by atomic mass is 10.0. The van der Waals surface area contributed by atoms with Crippen molar-refractivity contribution in [2.45, 2.75) is 26.9 Å². The Morgan fingerprint density at radius 3 is 2.60 bits per heavy atom. The van der Waals surface area contributed by atoms with E-state index in [1.54, 1.807) is 13.0 Å². The molecule has 0 spiro atoms. The molecule has 1 radical (unpaired) electrons. The van der Waals surface area contributed by atoms with Gasteiger partial charge >= 0.3 is 0 Å². The first-order chi connectivity index (χ1) is 7.02. The minimum Gasteiger partial charge on any atom is -0.491 e. The summed E-state index contributed by atoms with van der Waals surface area (Å²) in [4.78, 5) is 0. The first kappa shape index (κ1) is 12.0. The van der Waals surface area contributed by atoms with Crippen molar-refractivity contribution in [3.8, 4) is 5.75 Å². The second kappa shape index (κ2) is 5.12. The van der Waals surface area contributed by atoms with Crippen LogP contribution in [0.5, 0.6) is 5.75 Å². The summed E-state index contributed by atoms with van der Waals surface area (Å²) in [6.07, 6.45) is 0.00841. The second-order valence-corrected chi connectivity index (χ2v) is 3.78. The second-order valence-electron chi connectivity index (χ2n) is 3.78. The Kier molecular flexibility index (Phi) is 4.09. The van der Waals surface area contributed by atoms with Gasteiger partial charge in [0.2, 0.25) is 0 Å². The molecule has 0 saturated carbocycles. The normalized spacial score (nSPS) is 11.1. The number of aliphatic hydroxyl groups is 1. The lowest BCUT2D eigenvalue weighted by molar-refractivity contribution is 0.241. The molecule has 0 aliphatic heterocycles. The summed E-state index contributed by atoms with van der Waals surface area (Å²) < 4.78 is 18.6. The maximum atomic E-state index is 13.2. The molecule has 0 saturated heterocycles. The molecule has 0 amide bonds. The van der Waals surface area contributed by atoms with E-state index in [-0.39, 0.29) is 18.5 Å². The number of aliphatic hydroxyl groups excluding tert-OH is 1. The van der Waals surface area contributed by atoms with Gasteiger partial charge in [0.15, 0.2) is 0 Å². The van der Waals surface area contributed by atoms with Crippen molar-refractivity contribution in [3.05, 3.63) is 35.5 Å². The van der Waals surface area contributed by atoms with E-state index >= 15 is 0 Å². The fourth-order valence-corrected chi connectivity index (χ4v) is 1.24. The van der Waals surface area contributed by atoms with Gasteiger partial charge in [0.1, 0.15) is 11.6 Å². The standard InChI is InChI=1S/C12H16FO2/c1-8(2)15-12-5-10(9(3)7-14)4-11(13)6-12/h4-6,8,14H,7H2,1-3H3. The van der Waals surface area contributed by atoms with E-state index in [9.17, 15) is 4.39 Å². The van der Waals surface area contributed by atoms with Crippen LogP contribution in [0.15, 0.2) is 18.2 Å². The van der Waals surface area contributed by atoms with Crippen molar-refractivity contribution in [2.24, 2.45) is 0 Å². The minimum atomic E-state index is -0.351. The summed E-state index contributed by atoms with van der Waals surface area (Å²) >= 11 is 0. The summed E-state index contributed by atoms with van der Waals surface area (Å²) in [5.74, 6) is 0.867. The van der Waals surface area contributed by atoms with Gasteiger partial charge in [-0.15, -0.1) is 0 Å². The Morgan fingerprint density at radius 2 is 2.07 bits per heavy atom. The zero-order valence-corrected chi connectivity index (χ0v) is 9.25. The zero-order valence-electron chi connectivity index (χ0n) is 9.25. The van der Waals surface area contributed by atoms with Crippen LogP contribution in [0.1, 0.15) is 26.3 Å². The Balaban J connectivity index is 2.94. The quantitative estimate of drug-likeness (QED) is 0.829. The minimum absolute atomic E-state index is 0.00841. The van der Waals surface area contributed by atoms with Gasteiger partial charge in [-0.2, -0.15) is 0 Å². The average molecular weight is 211 g/mol. The third-order valence-corrected chi connectivity index (χ3v) is 1.97. The van der Waals surface area contributed by atoms with Crippen molar-refractivity contribution < 1.29 is 14.2 Å². The molecule has 1 aromatic carbocycles. The lowest BCUT2D eigenvalue weighted by Gasteiger charge is -2.13. The molecule has 1 N–H and O–H groups in total. The molecule has 0 bridgehead atoms. The molecule has 0 unspecified atom stereocenters. The summed E-state index contributed by atoms with van der Waals surface area (Å²) in [7, 11) is 0. The van der Waals surface area contributed by atoms with Gasteiger partial charge in [-0.3, -0.25) is 0 Å². The molecule has 0 aliphatic carbocycles. The summed E-state index contributed by atoms with van der Waals surface area (Å²) in [5.41, 5.74) is 0.674. The van der Waals surface area contributed by atoms with Crippen molar-refractivity contribution in [3.63, 3.8) is 0 Å². The molecule has 1 rings (SSSR count). The highest BCUT2D eigenvalue weighted by atomic mass is 19.1. The average Bonchev–Trinajstić information content (AvgIpc) is 2.14. The molecule has 0 fully saturated rings. The Hall–Kier alpha value is -1.09. The van der Waals surface area contributed by atoms with Crippen LogP contribution >= 0.6 is 0 Å². The maximum Gasteiger partial charge on any atom is 0.127 e. The molecule has 83 valence electrons. The zero-order chi connectivity index (χ0) is 11.4. The number of hydrogen-bond acceptors (Lipinski definition) is 2. The first-order valence-corrected chi connectivity index (χ1v) is 4.94. The SMILES string of the molecule is C[C](CO)c1cc(F)cc(OC(C)C)c1. The molecule has 0 aromatic heterocycles. The van der Waals surface area contributed by atoms with Crippen LogP contribution in [0.3, 0.4) is 0 Å². The molecule has 0 heterocycles. The molecule has 0 aliphatic rings. The molecular formula is C12H16FO2. The number of rotatable bonds is 4. The van der Waals surface area contributed by atoms with Crippen molar-refractivity contribution in [2.75, 3.05) is 6.61 Å². The fourth-order valence-electron chi connectivity index (χ4n) is 1.24. The smallest absolute Gasteiger partial charge is 0.127 e.